The molecular weight excluding hydrogens is 88.1 g/mol. The second-order valence-corrected chi connectivity index (χ2v) is 0.944. The van der Waals surface area contributed by atoms with Crippen molar-refractivity contribution < 1.29 is 0 Å². The number of rotatable bonds is 2. The highest BCUT2D eigenvalue weighted by Crippen LogP contribution is 1.52. The van der Waals surface area contributed by atoms with Gasteiger partial charge in [-0.2, -0.15) is 0 Å². The smallest absolute Gasteiger partial charge is 0.0758 e. The summed E-state index contributed by atoms with van der Waals surface area (Å²) in [4.78, 5) is 0. The Morgan fingerprint density at radius 3 is 3.00 bits per heavy atom. The molecule has 0 aromatic rings. The lowest BCUT2D eigenvalue weighted by Gasteiger charge is -1.85. The number of nitrogens with two attached hydrogens (primary N) is 1. The average molecular weight is 96.1 g/mol. The van der Waals surface area contributed by atoms with E-state index in [0.29, 0.717) is 6.54 Å². The topological polar surface area (TPSA) is 38.0 Å². The van der Waals surface area contributed by atoms with E-state index in [4.69, 9.17) is 12.2 Å². The lowest BCUT2D eigenvalue weighted by atomic mass is 10.7. The molecular formula is C5H8N2. The van der Waals surface area contributed by atoms with Crippen LogP contribution in [0.5, 0.6) is 0 Å². The number of terminal acetylenes is 1. The zero-order valence-corrected chi connectivity index (χ0v) is 4.02. The van der Waals surface area contributed by atoms with Crippen molar-refractivity contribution in [3.8, 4) is 12.3 Å². The van der Waals surface area contributed by atoms with Gasteiger partial charge in [-0.25, -0.2) is 0 Å². The minimum Gasteiger partial charge on any atom is -0.403 e. The van der Waals surface area contributed by atoms with Gasteiger partial charge in [-0.1, -0.05) is 5.92 Å². The third-order valence-electron chi connectivity index (χ3n) is 0.418. The van der Waals surface area contributed by atoms with Crippen LogP contribution in [-0.2, 0) is 0 Å². The largest absolute Gasteiger partial charge is 0.403 e. The van der Waals surface area contributed by atoms with Crippen LogP contribution >= 0.6 is 0 Å². The van der Waals surface area contributed by atoms with E-state index in [1.165, 1.54) is 6.20 Å². The fourth-order valence-corrected chi connectivity index (χ4v) is 0.186. The summed E-state index contributed by atoms with van der Waals surface area (Å²) in [5.74, 6) is 2.38. The lowest BCUT2D eigenvalue weighted by molar-refractivity contribution is 1.00. The van der Waals surface area contributed by atoms with Crippen LogP contribution in [0.3, 0.4) is 0 Å². The van der Waals surface area contributed by atoms with Crippen molar-refractivity contribution in [1.29, 1.82) is 0 Å². The molecule has 0 aliphatic carbocycles. The van der Waals surface area contributed by atoms with Gasteiger partial charge in [-0.15, -0.1) is 6.42 Å². The fourth-order valence-electron chi connectivity index (χ4n) is 0.186. The summed E-state index contributed by atoms with van der Waals surface area (Å²) in [7, 11) is 0. The van der Waals surface area contributed by atoms with Crippen molar-refractivity contribution in [3.05, 3.63) is 12.4 Å². The van der Waals surface area contributed by atoms with Crippen LogP contribution in [-0.4, -0.2) is 6.54 Å². The first-order valence-electron chi connectivity index (χ1n) is 1.95. The average Bonchev–Trinajstić information content (AvgIpc) is 1.69. The number of hydrogen-bond donors (Lipinski definition) is 2. The number of hydrogen-bond acceptors (Lipinski definition) is 2. The van der Waals surface area contributed by atoms with Gasteiger partial charge in [0, 0.05) is 12.4 Å². The Balaban J connectivity index is 2.87. The summed E-state index contributed by atoms with van der Waals surface area (Å²) in [5.41, 5.74) is 4.96. The molecule has 0 spiro atoms. The third-order valence-corrected chi connectivity index (χ3v) is 0.418. The molecule has 0 aliphatic rings. The van der Waals surface area contributed by atoms with E-state index in [1.807, 2.05) is 0 Å². The zero-order valence-electron chi connectivity index (χ0n) is 4.02. The standard InChI is InChI=1S/C5H8N2/c1-2-4-7-5-3-6/h1,3,5,7H,4,6H2/b5-3+. The molecule has 38 valence electrons. The van der Waals surface area contributed by atoms with E-state index >= 15 is 0 Å². The van der Waals surface area contributed by atoms with Crippen molar-refractivity contribution in [3.63, 3.8) is 0 Å². The van der Waals surface area contributed by atoms with Gasteiger partial charge in [0.1, 0.15) is 0 Å². The molecule has 3 N–H and O–H groups in total. The van der Waals surface area contributed by atoms with Crippen LogP contribution in [0, 0.1) is 12.3 Å². The maximum absolute atomic E-state index is 4.96. The molecule has 0 amide bonds. The molecule has 0 aromatic heterocycles. The Labute approximate surface area is 43.4 Å². The molecule has 0 fully saturated rings. The van der Waals surface area contributed by atoms with Crippen molar-refractivity contribution in [1.82, 2.24) is 5.32 Å². The number of nitrogens with one attached hydrogen (secondary N) is 1. The van der Waals surface area contributed by atoms with E-state index < -0.39 is 0 Å². The molecule has 2 nitrogen and oxygen atoms in total. The van der Waals surface area contributed by atoms with Crippen molar-refractivity contribution >= 4 is 0 Å². The van der Waals surface area contributed by atoms with E-state index in [0.717, 1.165) is 0 Å². The van der Waals surface area contributed by atoms with Gasteiger partial charge in [0.15, 0.2) is 0 Å². The first-order valence-corrected chi connectivity index (χ1v) is 1.95. The van der Waals surface area contributed by atoms with Crippen LogP contribution in [0.1, 0.15) is 0 Å². The van der Waals surface area contributed by atoms with Gasteiger partial charge in [-0.05, 0) is 0 Å². The van der Waals surface area contributed by atoms with Gasteiger partial charge in [-0.3, -0.25) is 0 Å². The fraction of sp³-hybridized carbons (Fsp3) is 0.200. The summed E-state index contributed by atoms with van der Waals surface area (Å²) < 4.78 is 0. The zero-order chi connectivity index (χ0) is 5.54. The Bertz CT molecular complexity index is 88.7. The molecule has 0 saturated heterocycles. The first-order chi connectivity index (χ1) is 3.41. The monoisotopic (exact) mass is 96.1 g/mol. The van der Waals surface area contributed by atoms with E-state index in [2.05, 4.69) is 11.2 Å². The van der Waals surface area contributed by atoms with Crippen LogP contribution in [0.4, 0.5) is 0 Å². The Hall–Kier alpha value is -1.10. The van der Waals surface area contributed by atoms with Crippen LogP contribution < -0.4 is 11.1 Å². The second kappa shape index (κ2) is 4.90. The predicted octanol–water partition coefficient (Wildman–Crippen LogP) is -0.361. The molecule has 2 heteroatoms. The van der Waals surface area contributed by atoms with Crippen LogP contribution in [0.2, 0.25) is 0 Å². The SMILES string of the molecule is C#CCN/C=C/N. The molecule has 7 heavy (non-hydrogen) atoms. The normalized spacial score (nSPS) is 8.43. The first kappa shape index (κ1) is 5.90. The molecule has 0 heterocycles. The highest BCUT2D eigenvalue weighted by atomic mass is 14.8. The third kappa shape index (κ3) is 4.90. The Morgan fingerprint density at radius 1 is 1.86 bits per heavy atom. The molecule has 0 radical (unpaired) electrons. The summed E-state index contributed by atoms with van der Waals surface area (Å²) in [6, 6.07) is 0. The molecule has 0 unspecified atom stereocenters. The molecule has 0 saturated carbocycles. The maximum Gasteiger partial charge on any atom is 0.0758 e. The summed E-state index contributed by atoms with van der Waals surface area (Å²) >= 11 is 0. The van der Waals surface area contributed by atoms with Gasteiger partial charge in [0.25, 0.3) is 0 Å². The minimum absolute atomic E-state index is 0.535. The lowest BCUT2D eigenvalue weighted by Crippen LogP contribution is -2.04. The minimum atomic E-state index is 0.535. The Morgan fingerprint density at radius 2 is 2.57 bits per heavy atom. The second-order valence-electron chi connectivity index (χ2n) is 0.944. The maximum atomic E-state index is 4.96. The van der Waals surface area contributed by atoms with Gasteiger partial charge in [0.2, 0.25) is 0 Å². The highest BCUT2D eigenvalue weighted by Gasteiger charge is 1.62. The van der Waals surface area contributed by atoms with E-state index in [1.54, 1.807) is 6.20 Å². The van der Waals surface area contributed by atoms with Gasteiger partial charge in [0.05, 0.1) is 6.54 Å². The summed E-state index contributed by atoms with van der Waals surface area (Å²) in [6.45, 7) is 0.535. The van der Waals surface area contributed by atoms with E-state index in [9.17, 15) is 0 Å². The molecule has 0 aliphatic heterocycles. The van der Waals surface area contributed by atoms with Gasteiger partial charge >= 0.3 is 0 Å². The predicted molar refractivity (Wildman–Crippen MR) is 30.2 cm³/mol. The molecule has 0 aromatic carbocycles. The van der Waals surface area contributed by atoms with Gasteiger partial charge < -0.3 is 11.1 Å². The van der Waals surface area contributed by atoms with Crippen molar-refractivity contribution in [2.75, 3.05) is 6.54 Å². The van der Waals surface area contributed by atoms with Crippen molar-refractivity contribution in [2.24, 2.45) is 5.73 Å². The van der Waals surface area contributed by atoms with Crippen LogP contribution in [0.15, 0.2) is 12.4 Å². The van der Waals surface area contributed by atoms with Crippen LogP contribution in [0.25, 0.3) is 0 Å². The summed E-state index contributed by atoms with van der Waals surface area (Å²) in [5, 5.41) is 2.74. The highest BCUT2D eigenvalue weighted by molar-refractivity contribution is 4.89. The summed E-state index contributed by atoms with van der Waals surface area (Å²) in [6.07, 6.45) is 7.88. The molecule has 0 rings (SSSR count). The Kier molecular flexibility index (Phi) is 4.13. The van der Waals surface area contributed by atoms with Crippen molar-refractivity contribution in [2.45, 2.75) is 0 Å². The molecule has 0 atom stereocenters. The molecule has 0 bridgehead atoms. The van der Waals surface area contributed by atoms with E-state index in [-0.39, 0.29) is 0 Å². The quantitative estimate of drug-likeness (QED) is 0.364.